The average molecular weight is 440 g/mol. The molecule has 3 aromatic rings. The maximum atomic E-state index is 6.41. The second kappa shape index (κ2) is 10.2. The molecule has 0 spiro atoms. The smallest absolute Gasteiger partial charge is 0.147 e. The first-order valence-corrected chi connectivity index (χ1v) is 12.4. The fourth-order valence-corrected chi connectivity index (χ4v) is 7.03. The number of rotatable bonds is 6. The molecule has 0 radical (unpaired) electrons. The Balaban J connectivity index is 0.00000261. The number of hydrogen-bond donors (Lipinski definition) is 0. The van der Waals surface area contributed by atoms with Gasteiger partial charge >= 0.3 is 163 Å². The Labute approximate surface area is 174 Å². The standard InChI is InChI=1S/2C8H10O.C6H6P.ClH.Cr/c2*1-6-3-4-8(9)7(2)5-6;7-6-4-2-1-3-5-6;;/h2*3-5,9H,1-2H3;1-5,7H;1H;/q;;-1;;+3/p-2. The molecule has 1 atom stereocenters. The van der Waals surface area contributed by atoms with E-state index in [1.165, 1.54) is 16.4 Å². The van der Waals surface area contributed by atoms with E-state index in [9.17, 15) is 0 Å². The fourth-order valence-electron chi connectivity index (χ4n) is 2.61. The first-order chi connectivity index (χ1) is 12.5. The maximum Gasteiger partial charge on any atom is -0.147 e. The van der Waals surface area contributed by atoms with Crippen LogP contribution < -0.4 is 12.9 Å². The molecule has 1 unspecified atom stereocenters. The predicted octanol–water partition coefficient (Wildman–Crippen LogP) is 6.17. The molecule has 0 N–H and O–H groups in total. The minimum Gasteiger partial charge on any atom is -0.147 e. The second-order valence-electron chi connectivity index (χ2n) is 6.41. The van der Waals surface area contributed by atoms with Gasteiger partial charge in [0.25, 0.3) is 0 Å². The maximum absolute atomic E-state index is 6.41. The normalized spacial score (nSPS) is 10.9. The average Bonchev–Trinajstić information content (AvgIpc) is 2.60. The molecule has 0 aliphatic rings. The molecule has 0 saturated heterocycles. The summed E-state index contributed by atoms with van der Waals surface area (Å²) in [5.74, 6) is 1.85. The molecule has 0 aromatic heterocycles. The van der Waals surface area contributed by atoms with Crippen molar-refractivity contribution in [2.24, 2.45) is 0 Å². The minimum absolute atomic E-state index is 0. The van der Waals surface area contributed by atoms with Crippen molar-refractivity contribution >= 4 is 24.9 Å². The van der Waals surface area contributed by atoms with E-state index in [4.69, 9.17) is 7.58 Å². The Hall–Kier alpha value is -1.49. The summed E-state index contributed by atoms with van der Waals surface area (Å²) in [6.45, 7) is 8.38. The largest absolute Gasteiger partial charge is 0.147 e. The van der Waals surface area contributed by atoms with Gasteiger partial charge < -0.3 is 0 Å². The van der Waals surface area contributed by atoms with Gasteiger partial charge in [0, 0.05) is 0 Å². The zero-order chi connectivity index (χ0) is 18.5. The molecule has 0 saturated carbocycles. The summed E-state index contributed by atoms with van der Waals surface area (Å²) < 4.78 is 12.8. The van der Waals surface area contributed by atoms with Gasteiger partial charge in [-0.2, -0.15) is 0 Å². The zero-order valence-corrected chi connectivity index (χ0v) is 19.1. The van der Waals surface area contributed by atoms with Crippen LogP contribution in [0.1, 0.15) is 22.3 Å². The van der Waals surface area contributed by atoms with E-state index >= 15 is 0 Å². The van der Waals surface area contributed by atoms with Crippen LogP contribution in [0.25, 0.3) is 0 Å². The molecule has 5 heteroatoms. The van der Waals surface area contributed by atoms with Crippen LogP contribution in [0.3, 0.4) is 0 Å². The van der Waals surface area contributed by atoms with Gasteiger partial charge in [0.15, 0.2) is 0 Å². The van der Waals surface area contributed by atoms with E-state index in [-0.39, 0.29) is 12.4 Å². The molecule has 0 fully saturated rings. The summed E-state index contributed by atoms with van der Waals surface area (Å²) in [7, 11) is 0.514. The molecule has 143 valence electrons. The Kier molecular flexibility index (Phi) is 8.21. The van der Waals surface area contributed by atoms with Crippen LogP contribution >= 0.6 is 19.6 Å². The van der Waals surface area contributed by atoms with Gasteiger partial charge in [0.05, 0.1) is 0 Å². The van der Waals surface area contributed by atoms with Crippen LogP contribution in [0.4, 0.5) is 0 Å². The van der Waals surface area contributed by atoms with Crippen molar-refractivity contribution in [3.05, 3.63) is 89.0 Å². The third kappa shape index (κ3) is 6.27. The van der Waals surface area contributed by atoms with E-state index in [0.717, 1.165) is 22.6 Å². The summed E-state index contributed by atoms with van der Waals surface area (Å²) >= 11 is -1.81. The predicted molar refractivity (Wildman–Crippen MR) is 115 cm³/mol. The van der Waals surface area contributed by atoms with Gasteiger partial charge in [-0.25, -0.2) is 0 Å². The molecule has 3 aromatic carbocycles. The Bertz CT molecular complexity index is 833. The molecule has 0 aliphatic heterocycles. The SMILES string of the molecule is Cc1ccc([O][Cr]([O]c2ccc(C)cc2C)[PH]c2ccccc2)c(C)c1.Cl. The van der Waals surface area contributed by atoms with Gasteiger partial charge in [0.2, 0.25) is 0 Å². The van der Waals surface area contributed by atoms with Crippen molar-refractivity contribution in [2.45, 2.75) is 27.7 Å². The second-order valence-corrected chi connectivity index (χ2v) is 10.8. The molecular formula is C22H25ClCrO2P. The third-order valence-electron chi connectivity index (χ3n) is 3.97. The first-order valence-electron chi connectivity index (χ1n) is 8.58. The van der Waals surface area contributed by atoms with Gasteiger partial charge in [0.1, 0.15) is 0 Å². The Morgan fingerprint density at radius 3 is 1.59 bits per heavy atom. The van der Waals surface area contributed by atoms with E-state index in [1.807, 2.05) is 6.07 Å². The molecule has 0 heterocycles. The van der Waals surface area contributed by atoms with Crippen molar-refractivity contribution in [1.82, 2.24) is 0 Å². The van der Waals surface area contributed by atoms with Crippen molar-refractivity contribution in [1.29, 1.82) is 0 Å². The molecule has 0 bridgehead atoms. The van der Waals surface area contributed by atoms with Crippen LogP contribution in [0, 0.1) is 27.7 Å². The van der Waals surface area contributed by atoms with Crippen molar-refractivity contribution in [3.63, 3.8) is 0 Å². The van der Waals surface area contributed by atoms with E-state index in [2.05, 4.69) is 88.4 Å². The third-order valence-corrected chi connectivity index (χ3v) is 8.31. The van der Waals surface area contributed by atoms with Crippen LogP contribution in [0.5, 0.6) is 11.5 Å². The number of halogens is 1. The molecule has 0 amide bonds. The Morgan fingerprint density at radius 2 is 1.15 bits per heavy atom. The van der Waals surface area contributed by atoms with Crippen LogP contribution in [-0.2, 0) is 14.4 Å². The summed E-state index contributed by atoms with van der Waals surface area (Å²) in [6.07, 6.45) is 0. The van der Waals surface area contributed by atoms with E-state index in [0.29, 0.717) is 7.23 Å². The molecule has 0 aliphatic carbocycles. The number of benzene rings is 3. The van der Waals surface area contributed by atoms with Crippen molar-refractivity contribution in [3.8, 4) is 11.5 Å². The summed E-state index contributed by atoms with van der Waals surface area (Å²) in [6, 6.07) is 23.1. The number of aryl methyl sites for hydroxylation is 4. The van der Waals surface area contributed by atoms with Crippen LogP contribution in [0.15, 0.2) is 66.7 Å². The van der Waals surface area contributed by atoms with Gasteiger partial charge in [-0.05, 0) is 0 Å². The van der Waals surface area contributed by atoms with Crippen molar-refractivity contribution < 1.29 is 21.9 Å². The van der Waals surface area contributed by atoms with Gasteiger partial charge in [-0.1, -0.05) is 0 Å². The van der Waals surface area contributed by atoms with Crippen LogP contribution in [0.2, 0.25) is 0 Å². The van der Waals surface area contributed by atoms with Gasteiger partial charge in [-0.15, -0.1) is 12.4 Å². The summed E-state index contributed by atoms with van der Waals surface area (Å²) in [4.78, 5) is 0. The summed E-state index contributed by atoms with van der Waals surface area (Å²) in [5, 5.41) is 1.27. The minimum atomic E-state index is -1.81. The topological polar surface area (TPSA) is 18.5 Å². The fraction of sp³-hybridized carbons (Fsp3) is 0.182. The molecule has 2 nitrogen and oxygen atoms in total. The quantitative estimate of drug-likeness (QED) is 0.428. The summed E-state index contributed by atoms with van der Waals surface area (Å²) in [5.41, 5.74) is 4.79. The monoisotopic (exact) mass is 439 g/mol. The van der Waals surface area contributed by atoms with Crippen LogP contribution in [-0.4, -0.2) is 0 Å². The molecule has 27 heavy (non-hydrogen) atoms. The van der Waals surface area contributed by atoms with Gasteiger partial charge in [-0.3, -0.25) is 0 Å². The molecular weight excluding hydrogens is 415 g/mol. The van der Waals surface area contributed by atoms with E-state index < -0.39 is 14.4 Å². The molecule has 3 rings (SSSR count). The van der Waals surface area contributed by atoms with Crippen molar-refractivity contribution in [2.75, 3.05) is 0 Å². The van der Waals surface area contributed by atoms with E-state index in [1.54, 1.807) is 0 Å². The number of hydrogen-bond acceptors (Lipinski definition) is 2. The zero-order valence-electron chi connectivity index (χ0n) is 16.0. The first kappa shape index (κ1) is 21.8. The Morgan fingerprint density at radius 1 is 0.667 bits per heavy atom.